The molecule has 0 radical (unpaired) electrons. The third kappa shape index (κ3) is 5.88. The van der Waals surface area contributed by atoms with Gasteiger partial charge < -0.3 is 19.9 Å². The van der Waals surface area contributed by atoms with Crippen molar-refractivity contribution >= 4 is 11.8 Å². The van der Waals surface area contributed by atoms with Crippen LogP contribution in [0.4, 0.5) is 5.82 Å². The number of para-hydroxylation sites is 1. The molecule has 1 aliphatic rings. The summed E-state index contributed by atoms with van der Waals surface area (Å²) in [4.78, 5) is 13.9. The summed E-state index contributed by atoms with van der Waals surface area (Å²) in [7, 11) is 0. The van der Waals surface area contributed by atoms with Crippen LogP contribution in [0.3, 0.4) is 0 Å². The van der Waals surface area contributed by atoms with Gasteiger partial charge in [0.15, 0.2) is 5.96 Å². The Morgan fingerprint density at radius 2 is 1.85 bits per heavy atom. The smallest absolute Gasteiger partial charge is 0.194 e. The number of benzene rings is 1. The number of piperazine rings is 1. The number of hydrogen-bond donors (Lipinski definition) is 1. The van der Waals surface area contributed by atoms with Crippen LogP contribution in [-0.2, 0) is 0 Å². The molecule has 1 N–H and O–H groups in total. The van der Waals surface area contributed by atoms with Crippen LogP contribution in [-0.4, -0.2) is 61.7 Å². The van der Waals surface area contributed by atoms with Gasteiger partial charge in [-0.05, 0) is 31.2 Å². The van der Waals surface area contributed by atoms with Crippen LogP contribution in [0.1, 0.15) is 13.3 Å². The Kier molecular flexibility index (Phi) is 7.33. The number of aromatic nitrogens is 1. The van der Waals surface area contributed by atoms with Gasteiger partial charge in [0, 0.05) is 51.9 Å². The molecule has 0 spiro atoms. The number of ether oxygens (including phenoxy) is 1. The lowest BCUT2D eigenvalue weighted by Crippen LogP contribution is -2.52. The van der Waals surface area contributed by atoms with Gasteiger partial charge in [-0.15, -0.1) is 0 Å². The highest BCUT2D eigenvalue weighted by Gasteiger charge is 2.20. The fourth-order valence-corrected chi connectivity index (χ4v) is 3.07. The molecule has 2 heterocycles. The first-order valence-electron chi connectivity index (χ1n) is 9.74. The second-order valence-corrected chi connectivity index (χ2v) is 6.41. The summed E-state index contributed by atoms with van der Waals surface area (Å²) in [6.07, 6.45) is 2.75. The Morgan fingerprint density at radius 1 is 1.07 bits per heavy atom. The number of rotatable bonds is 7. The Balaban J connectivity index is 1.45. The summed E-state index contributed by atoms with van der Waals surface area (Å²) >= 11 is 0. The number of nitrogens with one attached hydrogen (secondary N) is 1. The predicted molar refractivity (Wildman–Crippen MR) is 111 cm³/mol. The average Bonchev–Trinajstić information content (AvgIpc) is 2.74. The van der Waals surface area contributed by atoms with Gasteiger partial charge in [-0.25, -0.2) is 4.98 Å². The van der Waals surface area contributed by atoms with Crippen molar-refractivity contribution in [3.8, 4) is 5.75 Å². The van der Waals surface area contributed by atoms with E-state index in [0.29, 0.717) is 6.61 Å². The van der Waals surface area contributed by atoms with Gasteiger partial charge in [-0.2, -0.15) is 0 Å². The van der Waals surface area contributed by atoms with Crippen molar-refractivity contribution in [3.05, 3.63) is 54.7 Å². The fourth-order valence-electron chi connectivity index (χ4n) is 3.07. The van der Waals surface area contributed by atoms with E-state index in [1.807, 2.05) is 48.7 Å². The summed E-state index contributed by atoms with van der Waals surface area (Å²) < 4.78 is 5.74. The van der Waals surface area contributed by atoms with Gasteiger partial charge in [0.25, 0.3) is 0 Å². The van der Waals surface area contributed by atoms with Crippen LogP contribution in [0.5, 0.6) is 5.75 Å². The number of aliphatic imine (C=N–C) groups is 1. The summed E-state index contributed by atoms with van der Waals surface area (Å²) in [5.74, 6) is 2.97. The van der Waals surface area contributed by atoms with Gasteiger partial charge in [0.2, 0.25) is 0 Å². The first-order valence-corrected chi connectivity index (χ1v) is 9.74. The van der Waals surface area contributed by atoms with Crippen LogP contribution < -0.4 is 15.0 Å². The predicted octanol–water partition coefficient (Wildman–Crippen LogP) is 2.64. The molecule has 0 bridgehead atoms. The third-order valence-corrected chi connectivity index (χ3v) is 4.46. The molecule has 1 fully saturated rings. The van der Waals surface area contributed by atoms with Gasteiger partial charge in [-0.3, -0.25) is 4.99 Å². The van der Waals surface area contributed by atoms with Crippen molar-refractivity contribution < 1.29 is 4.74 Å². The van der Waals surface area contributed by atoms with Crippen LogP contribution in [0.2, 0.25) is 0 Å². The summed E-state index contributed by atoms with van der Waals surface area (Å²) in [6.45, 7) is 8.23. The molecular formula is C21H29N5O. The summed E-state index contributed by atoms with van der Waals surface area (Å²) in [5.41, 5.74) is 0. The van der Waals surface area contributed by atoms with E-state index in [-0.39, 0.29) is 0 Å². The molecule has 6 nitrogen and oxygen atoms in total. The molecule has 1 aromatic heterocycles. The standard InChI is InChI=1S/C21H29N5O/c1-2-22-21(24-13-8-18-27-19-9-4-3-5-10-19)26-16-14-25(15-17-26)20-11-6-7-12-23-20/h3-7,9-12H,2,8,13-18H2,1H3,(H,22,24). The molecule has 2 aromatic rings. The second kappa shape index (κ2) is 10.4. The van der Waals surface area contributed by atoms with Crippen LogP contribution >= 0.6 is 0 Å². The molecule has 144 valence electrons. The monoisotopic (exact) mass is 367 g/mol. The Bertz CT molecular complexity index is 684. The lowest BCUT2D eigenvalue weighted by molar-refractivity contribution is 0.312. The highest BCUT2D eigenvalue weighted by atomic mass is 16.5. The van der Waals surface area contributed by atoms with Crippen molar-refractivity contribution in [3.63, 3.8) is 0 Å². The van der Waals surface area contributed by atoms with Crippen LogP contribution in [0.15, 0.2) is 59.7 Å². The van der Waals surface area contributed by atoms with Crippen molar-refractivity contribution in [1.82, 2.24) is 15.2 Å². The molecule has 0 saturated carbocycles. The normalized spacial score (nSPS) is 14.9. The molecule has 1 saturated heterocycles. The summed E-state index contributed by atoms with van der Waals surface area (Å²) in [5, 5.41) is 3.42. The molecule has 1 aromatic carbocycles. The minimum atomic E-state index is 0.681. The molecule has 0 unspecified atom stereocenters. The maximum absolute atomic E-state index is 5.74. The Morgan fingerprint density at radius 3 is 2.56 bits per heavy atom. The molecule has 3 rings (SSSR count). The maximum Gasteiger partial charge on any atom is 0.194 e. The molecule has 6 heteroatoms. The van der Waals surface area contributed by atoms with E-state index in [4.69, 9.17) is 9.73 Å². The second-order valence-electron chi connectivity index (χ2n) is 6.41. The van der Waals surface area contributed by atoms with E-state index in [2.05, 4.69) is 33.1 Å². The fraction of sp³-hybridized carbons (Fsp3) is 0.429. The molecule has 27 heavy (non-hydrogen) atoms. The van der Waals surface area contributed by atoms with Gasteiger partial charge in [0.1, 0.15) is 11.6 Å². The number of guanidine groups is 1. The lowest BCUT2D eigenvalue weighted by Gasteiger charge is -2.37. The van der Waals surface area contributed by atoms with Gasteiger partial charge >= 0.3 is 0 Å². The first kappa shape index (κ1) is 19.0. The number of hydrogen-bond acceptors (Lipinski definition) is 4. The molecule has 0 atom stereocenters. The van der Waals surface area contributed by atoms with Crippen molar-refractivity contribution in [2.75, 3.05) is 50.8 Å². The minimum Gasteiger partial charge on any atom is -0.494 e. The molecule has 1 aliphatic heterocycles. The molecule has 0 aliphatic carbocycles. The van der Waals surface area contributed by atoms with Gasteiger partial charge in [-0.1, -0.05) is 24.3 Å². The number of nitrogens with zero attached hydrogens (tertiary/aromatic N) is 4. The molecular weight excluding hydrogens is 338 g/mol. The van der Waals surface area contributed by atoms with E-state index >= 15 is 0 Å². The number of pyridine rings is 1. The quantitative estimate of drug-likeness (QED) is 0.463. The van der Waals surface area contributed by atoms with E-state index in [0.717, 1.165) is 63.2 Å². The highest BCUT2D eigenvalue weighted by Crippen LogP contribution is 2.12. The van der Waals surface area contributed by atoms with Crippen LogP contribution in [0.25, 0.3) is 0 Å². The SMILES string of the molecule is CCNC(=NCCCOc1ccccc1)N1CCN(c2ccccn2)CC1. The van der Waals surface area contributed by atoms with Crippen molar-refractivity contribution in [2.24, 2.45) is 4.99 Å². The summed E-state index contributed by atoms with van der Waals surface area (Å²) in [6, 6.07) is 16.0. The maximum atomic E-state index is 5.74. The zero-order chi connectivity index (χ0) is 18.7. The lowest BCUT2D eigenvalue weighted by atomic mass is 10.3. The zero-order valence-electron chi connectivity index (χ0n) is 16.1. The minimum absolute atomic E-state index is 0.681. The van der Waals surface area contributed by atoms with E-state index < -0.39 is 0 Å². The molecule has 0 amide bonds. The largest absolute Gasteiger partial charge is 0.494 e. The van der Waals surface area contributed by atoms with E-state index in [9.17, 15) is 0 Å². The first-order chi connectivity index (χ1) is 13.4. The van der Waals surface area contributed by atoms with E-state index in [1.54, 1.807) is 0 Å². The Hall–Kier alpha value is -2.76. The van der Waals surface area contributed by atoms with Crippen molar-refractivity contribution in [1.29, 1.82) is 0 Å². The zero-order valence-corrected chi connectivity index (χ0v) is 16.1. The highest BCUT2D eigenvalue weighted by molar-refractivity contribution is 5.80. The topological polar surface area (TPSA) is 53.0 Å². The van der Waals surface area contributed by atoms with Crippen molar-refractivity contribution in [2.45, 2.75) is 13.3 Å². The Labute approximate surface area is 161 Å². The third-order valence-electron chi connectivity index (χ3n) is 4.46. The number of anilines is 1. The van der Waals surface area contributed by atoms with Gasteiger partial charge in [0.05, 0.1) is 6.61 Å². The van der Waals surface area contributed by atoms with Crippen LogP contribution in [0, 0.1) is 0 Å². The van der Waals surface area contributed by atoms with E-state index in [1.165, 1.54) is 0 Å². The average molecular weight is 367 g/mol.